The minimum absolute atomic E-state index is 0.0386. The van der Waals surface area contributed by atoms with E-state index in [1.165, 1.54) is 0 Å². The van der Waals surface area contributed by atoms with Crippen molar-refractivity contribution in [3.63, 3.8) is 0 Å². The Labute approximate surface area is 109 Å². The van der Waals surface area contributed by atoms with Crippen LogP contribution in [0.15, 0.2) is 0 Å². The molecule has 7 nitrogen and oxygen atoms in total. The average Bonchev–Trinajstić information content (AvgIpc) is 2.65. The molecule has 4 amide bonds. The van der Waals surface area contributed by atoms with Crippen LogP contribution < -0.4 is 10.6 Å². The van der Waals surface area contributed by atoms with E-state index < -0.39 is 6.03 Å². The number of hydrogen-bond donors (Lipinski definition) is 3. The molecule has 0 radical (unpaired) electrons. The van der Waals surface area contributed by atoms with Crippen molar-refractivity contribution in [2.45, 2.75) is 6.42 Å². The van der Waals surface area contributed by atoms with Crippen LogP contribution in [-0.4, -0.2) is 65.6 Å². The summed E-state index contributed by atoms with van der Waals surface area (Å²) in [5.41, 5.74) is 0. The molecule has 0 aromatic heterocycles. The summed E-state index contributed by atoms with van der Waals surface area (Å²) in [6, 6.07) is -0.521. The number of urea groups is 1. The van der Waals surface area contributed by atoms with E-state index >= 15 is 0 Å². The van der Waals surface area contributed by atoms with Crippen molar-refractivity contribution in [1.29, 1.82) is 0 Å². The van der Waals surface area contributed by atoms with Crippen LogP contribution in [0.25, 0.3) is 0 Å². The fourth-order valence-corrected chi connectivity index (χ4v) is 2.13. The Balaban J connectivity index is 2.10. The lowest BCUT2D eigenvalue weighted by Gasteiger charge is -2.11. The molecule has 1 saturated heterocycles. The second-order valence-electron chi connectivity index (χ2n) is 3.68. The molecule has 0 spiro atoms. The van der Waals surface area contributed by atoms with E-state index in [9.17, 15) is 14.4 Å². The summed E-state index contributed by atoms with van der Waals surface area (Å²) in [5.74, 6) is 0.862. The van der Waals surface area contributed by atoms with Crippen LogP contribution in [0.5, 0.6) is 0 Å². The minimum atomic E-state index is -0.521. The first kappa shape index (κ1) is 14.8. The van der Waals surface area contributed by atoms with Crippen LogP contribution in [0.2, 0.25) is 0 Å². The highest BCUT2D eigenvalue weighted by molar-refractivity contribution is 7.99. The van der Waals surface area contributed by atoms with E-state index in [4.69, 9.17) is 5.11 Å². The third-order valence-electron chi connectivity index (χ3n) is 2.25. The molecule has 0 bridgehead atoms. The van der Waals surface area contributed by atoms with Crippen molar-refractivity contribution in [2.24, 2.45) is 0 Å². The Morgan fingerprint density at radius 1 is 1.44 bits per heavy atom. The predicted molar refractivity (Wildman–Crippen MR) is 67.1 cm³/mol. The number of rotatable bonds is 8. The van der Waals surface area contributed by atoms with Gasteiger partial charge in [-0.2, -0.15) is 11.8 Å². The van der Waals surface area contributed by atoms with Gasteiger partial charge in [-0.25, -0.2) is 4.79 Å². The van der Waals surface area contributed by atoms with Gasteiger partial charge in [0.25, 0.3) is 5.91 Å². The standard InChI is InChI=1S/C10H17N3O4S/c14-3-1-4-18-5-2-11-8(15)7-13-9(16)6-12-10(13)17/h14H,1-7H2,(H,11,15)(H,12,17). The monoisotopic (exact) mass is 275 g/mol. The number of imide groups is 1. The van der Waals surface area contributed by atoms with Gasteiger partial charge in [-0.3, -0.25) is 14.5 Å². The molecule has 0 aromatic rings. The van der Waals surface area contributed by atoms with Crippen LogP contribution in [0, 0.1) is 0 Å². The second kappa shape index (κ2) is 7.93. The first-order chi connectivity index (χ1) is 8.65. The molecule has 1 heterocycles. The zero-order valence-corrected chi connectivity index (χ0v) is 10.8. The zero-order chi connectivity index (χ0) is 13.4. The molecular weight excluding hydrogens is 258 g/mol. The molecule has 1 fully saturated rings. The lowest BCUT2D eigenvalue weighted by molar-refractivity contribution is -0.130. The molecule has 0 atom stereocenters. The van der Waals surface area contributed by atoms with Gasteiger partial charge in [0, 0.05) is 18.9 Å². The van der Waals surface area contributed by atoms with Gasteiger partial charge < -0.3 is 15.7 Å². The van der Waals surface area contributed by atoms with Crippen LogP contribution in [0.3, 0.4) is 0 Å². The summed E-state index contributed by atoms with van der Waals surface area (Å²) in [7, 11) is 0. The van der Waals surface area contributed by atoms with Crippen LogP contribution >= 0.6 is 11.8 Å². The smallest absolute Gasteiger partial charge is 0.325 e. The number of nitrogens with one attached hydrogen (secondary N) is 2. The van der Waals surface area contributed by atoms with Gasteiger partial charge in [0.05, 0.1) is 6.54 Å². The number of nitrogens with zero attached hydrogens (tertiary/aromatic N) is 1. The number of carbonyl (C=O) groups excluding carboxylic acids is 3. The maximum Gasteiger partial charge on any atom is 0.325 e. The Morgan fingerprint density at radius 2 is 2.22 bits per heavy atom. The predicted octanol–water partition coefficient (Wildman–Crippen LogP) is -1.23. The Hall–Kier alpha value is -1.28. The maximum absolute atomic E-state index is 11.4. The minimum Gasteiger partial charge on any atom is -0.396 e. The first-order valence-corrected chi connectivity index (χ1v) is 6.84. The summed E-state index contributed by atoms with van der Waals surface area (Å²) >= 11 is 1.63. The molecule has 1 aliphatic heterocycles. The Morgan fingerprint density at radius 3 is 2.83 bits per heavy atom. The van der Waals surface area contributed by atoms with Gasteiger partial charge in [-0.05, 0) is 12.2 Å². The highest BCUT2D eigenvalue weighted by Gasteiger charge is 2.29. The topological polar surface area (TPSA) is 98.7 Å². The molecule has 18 heavy (non-hydrogen) atoms. The van der Waals surface area contributed by atoms with Crippen LogP contribution in [-0.2, 0) is 9.59 Å². The van der Waals surface area contributed by atoms with Crippen molar-refractivity contribution >= 4 is 29.6 Å². The highest BCUT2D eigenvalue weighted by atomic mass is 32.2. The Bertz CT molecular complexity index is 308. The maximum atomic E-state index is 11.4. The van der Waals surface area contributed by atoms with Crippen LogP contribution in [0.1, 0.15) is 6.42 Å². The summed E-state index contributed by atoms with van der Waals surface area (Å²) in [6.07, 6.45) is 0.737. The number of hydrogen-bond acceptors (Lipinski definition) is 5. The molecule has 0 saturated carbocycles. The van der Waals surface area contributed by atoms with Crippen molar-refractivity contribution in [1.82, 2.24) is 15.5 Å². The van der Waals surface area contributed by atoms with Crippen molar-refractivity contribution in [3.8, 4) is 0 Å². The number of aliphatic hydroxyl groups excluding tert-OH is 1. The number of carbonyl (C=O) groups is 3. The molecule has 1 aliphatic rings. The molecule has 1 rings (SSSR count). The fraction of sp³-hybridized carbons (Fsp3) is 0.700. The van der Waals surface area contributed by atoms with Gasteiger partial charge in [-0.15, -0.1) is 0 Å². The molecule has 0 unspecified atom stereocenters. The lowest BCUT2D eigenvalue weighted by Crippen LogP contribution is -2.41. The van der Waals surface area contributed by atoms with E-state index in [-0.39, 0.29) is 31.5 Å². The van der Waals surface area contributed by atoms with Gasteiger partial charge in [0.15, 0.2) is 0 Å². The molecule has 0 aliphatic carbocycles. The Kier molecular flexibility index (Phi) is 6.51. The van der Waals surface area contributed by atoms with E-state index in [0.717, 1.165) is 22.8 Å². The molecule has 3 N–H and O–H groups in total. The van der Waals surface area contributed by atoms with Gasteiger partial charge in [0.1, 0.15) is 6.54 Å². The summed E-state index contributed by atoms with van der Waals surface area (Å²) in [4.78, 5) is 34.7. The fourth-order valence-electron chi connectivity index (χ4n) is 1.35. The van der Waals surface area contributed by atoms with E-state index in [2.05, 4.69) is 10.6 Å². The van der Waals surface area contributed by atoms with E-state index in [1.54, 1.807) is 11.8 Å². The van der Waals surface area contributed by atoms with Gasteiger partial charge in [0.2, 0.25) is 5.91 Å². The lowest BCUT2D eigenvalue weighted by atomic mass is 10.5. The zero-order valence-electron chi connectivity index (χ0n) is 9.98. The third kappa shape index (κ3) is 4.92. The molecule has 102 valence electrons. The van der Waals surface area contributed by atoms with Gasteiger partial charge >= 0.3 is 6.03 Å². The second-order valence-corrected chi connectivity index (χ2v) is 4.90. The molecule has 8 heteroatoms. The van der Waals surface area contributed by atoms with Gasteiger partial charge in [-0.1, -0.05) is 0 Å². The average molecular weight is 275 g/mol. The normalized spacial score (nSPS) is 14.8. The first-order valence-electron chi connectivity index (χ1n) is 5.68. The highest BCUT2D eigenvalue weighted by Crippen LogP contribution is 2.00. The van der Waals surface area contributed by atoms with Crippen LogP contribution in [0.4, 0.5) is 4.79 Å². The largest absolute Gasteiger partial charge is 0.396 e. The molecule has 0 aromatic carbocycles. The summed E-state index contributed by atoms with van der Waals surface area (Å²) in [6.45, 7) is 0.388. The van der Waals surface area contributed by atoms with E-state index in [1.807, 2.05) is 0 Å². The SMILES string of the molecule is O=C(CN1C(=O)CNC1=O)NCCSCCCO. The number of aliphatic hydroxyl groups is 1. The van der Waals surface area contributed by atoms with Crippen molar-refractivity contribution in [3.05, 3.63) is 0 Å². The summed E-state index contributed by atoms with van der Waals surface area (Å²) < 4.78 is 0. The summed E-state index contributed by atoms with van der Waals surface area (Å²) in [5, 5.41) is 13.5. The third-order valence-corrected chi connectivity index (χ3v) is 3.32. The quantitative estimate of drug-likeness (QED) is 0.380. The number of amides is 4. The van der Waals surface area contributed by atoms with Crippen molar-refractivity contribution < 1.29 is 19.5 Å². The van der Waals surface area contributed by atoms with Crippen molar-refractivity contribution in [2.75, 3.05) is 37.7 Å². The number of thioether (sulfide) groups is 1. The van der Waals surface area contributed by atoms with E-state index in [0.29, 0.717) is 6.54 Å². The molecular formula is C10H17N3O4S.